The van der Waals surface area contributed by atoms with Crippen LogP contribution in [-0.2, 0) is 10.1 Å². The molecule has 0 N–H and O–H groups in total. The second-order valence-corrected chi connectivity index (χ2v) is 5.67. The van der Waals surface area contributed by atoms with Crippen LogP contribution in [0.1, 0.15) is 30.4 Å². The largest absolute Gasteiger partial charge is 0.376 e. The fourth-order valence-corrected chi connectivity index (χ4v) is 3.06. The van der Waals surface area contributed by atoms with Crippen LogP contribution < -0.4 is 4.90 Å². The molecule has 3 heteroatoms. The molecule has 1 unspecified atom stereocenters. The van der Waals surface area contributed by atoms with E-state index in [-0.39, 0.29) is 0 Å². The molecule has 0 amide bonds. The second kappa shape index (κ2) is 6.58. The van der Waals surface area contributed by atoms with Gasteiger partial charge in [0.2, 0.25) is 0 Å². The van der Waals surface area contributed by atoms with Crippen molar-refractivity contribution in [1.82, 2.24) is 0 Å². The zero-order valence-corrected chi connectivity index (χ0v) is 12.9. The first-order valence-electron chi connectivity index (χ1n) is 6.69. The standard InChI is InChI=1S/C15H22BrNO/c1-12-9-14(7-6-13(12)10-16)17(2)11-15-5-3-4-8-18-15/h6-7,9,15H,3-5,8,10-11H2,1-2H3. The Balaban J connectivity index is 1.99. The van der Waals surface area contributed by atoms with Gasteiger partial charge in [0.05, 0.1) is 6.10 Å². The van der Waals surface area contributed by atoms with E-state index in [9.17, 15) is 0 Å². The highest BCUT2D eigenvalue weighted by Crippen LogP contribution is 2.22. The van der Waals surface area contributed by atoms with E-state index in [1.54, 1.807) is 0 Å². The van der Waals surface area contributed by atoms with Crippen LogP contribution in [0.15, 0.2) is 18.2 Å². The Morgan fingerprint density at radius 1 is 1.39 bits per heavy atom. The van der Waals surface area contributed by atoms with Crippen molar-refractivity contribution in [1.29, 1.82) is 0 Å². The first kappa shape index (κ1) is 13.9. The summed E-state index contributed by atoms with van der Waals surface area (Å²) < 4.78 is 5.80. The number of halogens is 1. The van der Waals surface area contributed by atoms with Crippen molar-refractivity contribution in [2.45, 2.75) is 37.6 Å². The summed E-state index contributed by atoms with van der Waals surface area (Å²) in [7, 11) is 2.15. The zero-order valence-electron chi connectivity index (χ0n) is 11.3. The summed E-state index contributed by atoms with van der Waals surface area (Å²) in [4.78, 5) is 2.31. The minimum Gasteiger partial charge on any atom is -0.376 e. The van der Waals surface area contributed by atoms with Gasteiger partial charge in [-0.15, -0.1) is 0 Å². The number of alkyl halides is 1. The van der Waals surface area contributed by atoms with Crippen LogP contribution in [-0.4, -0.2) is 26.3 Å². The van der Waals surface area contributed by atoms with Crippen LogP contribution in [0, 0.1) is 6.92 Å². The molecular weight excluding hydrogens is 290 g/mol. The monoisotopic (exact) mass is 311 g/mol. The molecule has 100 valence electrons. The average Bonchev–Trinajstić information content (AvgIpc) is 2.39. The Kier molecular flexibility index (Phi) is 5.07. The summed E-state index contributed by atoms with van der Waals surface area (Å²) in [6, 6.07) is 6.67. The summed E-state index contributed by atoms with van der Waals surface area (Å²) in [6.07, 6.45) is 4.13. The Labute approximate surface area is 118 Å². The molecule has 1 heterocycles. The van der Waals surface area contributed by atoms with Crippen molar-refractivity contribution < 1.29 is 4.74 Å². The molecule has 18 heavy (non-hydrogen) atoms. The summed E-state index contributed by atoms with van der Waals surface area (Å²) >= 11 is 3.52. The number of hydrogen-bond acceptors (Lipinski definition) is 2. The smallest absolute Gasteiger partial charge is 0.0749 e. The van der Waals surface area contributed by atoms with Crippen molar-refractivity contribution in [3.8, 4) is 0 Å². The van der Waals surface area contributed by atoms with Gasteiger partial charge in [-0.3, -0.25) is 0 Å². The van der Waals surface area contributed by atoms with Gasteiger partial charge >= 0.3 is 0 Å². The van der Waals surface area contributed by atoms with E-state index < -0.39 is 0 Å². The first-order chi connectivity index (χ1) is 8.70. The third kappa shape index (κ3) is 3.48. The molecule has 1 aromatic carbocycles. The number of rotatable bonds is 4. The molecule has 1 saturated heterocycles. The lowest BCUT2D eigenvalue weighted by Gasteiger charge is -2.29. The highest BCUT2D eigenvalue weighted by molar-refractivity contribution is 9.08. The molecule has 0 bridgehead atoms. The molecule has 0 aromatic heterocycles. The number of aryl methyl sites for hydroxylation is 1. The van der Waals surface area contributed by atoms with Crippen LogP contribution in [0.4, 0.5) is 5.69 Å². The molecule has 2 nitrogen and oxygen atoms in total. The lowest BCUT2D eigenvalue weighted by atomic mass is 10.1. The third-order valence-electron chi connectivity index (χ3n) is 3.66. The quantitative estimate of drug-likeness (QED) is 0.782. The average molecular weight is 312 g/mol. The van der Waals surface area contributed by atoms with Gasteiger partial charge in [-0.2, -0.15) is 0 Å². The molecule has 1 atom stereocenters. The highest BCUT2D eigenvalue weighted by atomic mass is 79.9. The van der Waals surface area contributed by atoms with Gasteiger partial charge in [-0.25, -0.2) is 0 Å². The molecule has 0 radical (unpaired) electrons. The third-order valence-corrected chi connectivity index (χ3v) is 4.27. The second-order valence-electron chi connectivity index (χ2n) is 5.11. The van der Waals surface area contributed by atoms with Gasteiger partial charge < -0.3 is 9.64 Å². The van der Waals surface area contributed by atoms with Gasteiger partial charge in [-0.1, -0.05) is 22.0 Å². The van der Waals surface area contributed by atoms with Crippen LogP contribution in [0.2, 0.25) is 0 Å². The molecule has 0 saturated carbocycles. The van der Waals surface area contributed by atoms with Gasteiger partial charge in [0.1, 0.15) is 0 Å². The Morgan fingerprint density at radius 3 is 2.83 bits per heavy atom. The van der Waals surface area contributed by atoms with E-state index in [0.717, 1.165) is 18.5 Å². The van der Waals surface area contributed by atoms with Crippen LogP contribution >= 0.6 is 15.9 Å². The van der Waals surface area contributed by atoms with E-state index in [0.29, 0.717) is 6.10 Å². The molecule has 2 rings (SSSR count). The van der Waals surface area contributed by atoms with Gasteiger partial charge in [-0.05, 0) is 49.4 Å². The van der Waals surface area contributed by atoms with Gasteiger partial charge in [0, 0.05) is 31.2 Å². The minimum absolute atomic E-state index is 0.403. The SMILES string of the molecule is Cc1cc(N(C)CC2CCCCO2)ccc1CBr. The van der Waals surface area contributed by atoms with Crippen molar-refractivity contribution >= 4 is 21.6 Å². The van der Waals surface area contributed by atoms with Crippen LogP contribution in [0.3, 0.4) is 0 Å². The summed E-state index contributed by atoms with van der Waals surface area (Å²) in [6.45, 7) is 4.10. The number of ether oxygens (including phenoxy) is 1. The number of hydrogen-bond donors (Lipinski definition) is 0. The topological polar surface area (TPSA) is 12.5 Å². The predicted molar refractivity (Wildman–Crippen MR) is 80.7 cm³/mol. The summed E-state index contributed by atoms with van der Waals surface area (Å²) in [5.41, 5.74) is 3.99. The molecule has 0 spiro atoms. The molecular formula is C15H22BrNO. The summed E-state index contributed by atoms with van der Waals surface area (Å²) in [5.74, 6) is 0. The Morgan fingerprint density at radius 2 is 2.22 bits per heavy atom. The van der Waals surface area contributed by atoms with Crippen LogP contribution in [0.25, 0.3) is 0 Å². The molecule has 1 aromatic rings. The molecule has 1 aliphatic rings. The van der Waals surface area contributed by atoms with Gasteiger partial charge in [0.15, 0.2) is 0 Å². The van der Waals surface area contributed by atoms with Crippen LogP contribution in [0.5, 0.6) is 0 Å². The maximum absolute atomic E-state index is 5.80. The Bertz CT molecular complexity index is 388. The minimum atomic E-state index is 0.403. The normalized spacial score (nSPS) is 19.8. The van der Waals surface area contributed by atoms with Crippen molar-refractivity contribution in [3.05, 3.63) is 29.3 Å². The van der Waals surface area contributed by atoms with Gasteiger partial charge in [0.25, 0.3) is 0 Å². The van der Waals surface area contributed by atoms with E-state index in [2.05, 4.69) is 53.0 Å². The summed E-state index contributed by atoms with van der Waals surface area (Å²) in [5, 5.41) is 0.925. The molecule has 0 aliphatic carbocycles. The number of benzene rings is 1. The van der Waals surface area contributed by atoms with E-state index in [1.165, 1.54) is 36.1 Å². The lowest BCUT2D eigenvalue weighted by molar-refractivity contribution is 0.0216. The van der Waals surface area contributed by atoms with Crippen molar-refractivity contribution in [2.75, 3.05) is 25.1 Å². The van der Waals surface area contributed by atoms with E-state index in [4.69, 9.17) is 4.74 Å². The fourth-order valence-electron chi connectivity index (χ4n) is 2.43. The van der Waals surface area contributed by atoms with E-state index in [1.807, 2.05) is 0 Å². The Hall–Kier alpha value is -0.540. The molecule has 1 fully saturated rings. The number of anilines is 1. The van der Waals surface area contributed by atoms with Crippen molar-refractivity contribution in [2.24, 2.45) is 0 Å². The number of likely N-dealkylation sites (N-methyl/N-ethyl adjacent to an activating group) is 1. The first-order valence-corrected chi connectivity index (χ1v) is 7.81. The number of nitrogens with zero attached hydrogens (tertiary/aromatic N) is 1. The predicted octanol–water partition coefficient (Wildman–Crippen LogP) is 3.90. The van der Waals surface area contributed by atoms with E-state index >= 15 is 0 Å². The fraction of sp³-hybridized carbons (Fsp3) is 0.600. The zero-order chi connectivity index (χ0) is 13.0. The lowest BCUT2D eigenvalue weighted by Crippen LogP contribution is -2.33. The maximum Gasteiger partial charge on any atom is 0.0749 e. The van der Waals surface area contributed by atoms with Crippen molar-refractivity contribution in [3.63, 3.8) is 0 Å². The highest BCUT2D eigenvalue weighted by Gasteiger charge is 2.16. The molecule has 1 aliphatic heterocycles. The maximum atomic E-state index is 5.80.